The number of hydrogen-bond donors (Lipinski definition) is 0. The average Bonchev–Trinajstić information content (AvgIpc) is 2.90. The van der Waals surface area contributed by atoms with E-state index in [2.05, 4.69) is 32.1 Å². The molecule has 1 aromatic carbocycles. The smallest absolute Gasteiger partial charge is 0.0913 e. The van der Waals surface area contributed by atoms with Gasteiger partial charge in [-0.2, -0.15) is 0 Å². The number of benzene rings is 1. The molecule has 0 saturated heterocycles. The van der Waals surface area contributed by atoms with Crippen LogP contribution in [0.15, 0.2) is 36.9 Å². The van der Waals surface area contributed by atoms with Gasteiger partial charge in [0.15, 0.2) is 0 Å². The summed E-state index contributed by atoms with van der Waals surface area (Å²) in [5.41, 5.74) is 12.0. The normalized spacial score (nSPS) is 25.2. The molecule has 0 radical (unpaired) electrons. The molecule has 8 heteroatoms. The highest BCUT2D eigenvalue weighted by atomic mass is 14.9. The van der Waals surface area contributed by atoms with E-state index in [1.54, 1.807) is 24.8 Å². The molecule has 0 unspecified atom stereocenters. The Morgan fingerprint density at radius 3 is 0.912 bits per heavy atom. The Labute approximate surface area is 194 Å². The van der Waals surface area contributed by atoms with Crippen LogP contribution in [0.5, 0.6) is 0 Å². The molecule has 0 fully saturated rings. The Bertz CT molecular complexity index is 1470. The van der Waals surface area contributed by atoms with Gasteiger partial charge in [0.1, 0.15) is 0 Å². The first kappa shape index (κ1) is 17.5. The molecule has 0 saturated carbocycles. The van der Waals surface area contributed by atoms with Gasteiger partial charge in [0, 0.05) is 48.5 Å². The maximum absolute atomic E-state index is 5.12. The van der Waals surface area contributed by atoms with E-state index >= 15 is 0 Å². The van der Waals surface area contributed by atoms with Crippen molar-refractivity contribution in [2.45, 2.75) is 49.4 Å². The molecular weight excluding hydrogens is 424 g/mol. The summed E-state index contributed by atoms with van der Waals surface area (Å²) in [6.07, 6.45) is 11.3. The van der Waals surface area contributed by atoms with Gasteiger partial charge in [0.25, 0.3) is 0 Å². The fourth-order valence-electron chi connectivity index (χ4n) is 6.76. The van der Waals surface area contributed by atoms with Crippen molar-refractivity contribution < 1.29 is 0 Å². The van der Waals surface area contributed by atoms with Crippen LogP contribution in [0, 0.1) is 0 Å². The van der Waals surface area contributed by atoms with Crippen molar-refractivity contribution in [3.63, 3.8) is 0 Å². The molecule has 0 N–H and O–H groups in total. The molecule has 34 heavy (non-hydrogen) atoms. The molecule has 6 aliphatic rings. The Balaban J connectivity index is 1.26. The van der Waals surface area contributed by atoms with E-state index in [0.29, 0.717) is 0 Å². The predicted octanol–water partition coefficient (Wildman–Crippen LogP) is 3.90. The van der Waals surface area contributed by atoms with Gasteiger partial charge in [0.05, 0.1) is 67.6 Å². The second-order valence-electron chi connectivity index (χ2n) is 9.84. The summed E-state index contributed by atoms with van der Waals surface area (Å²) in [4.78, 5) is 39.1. The zero-order chi connectivity index (χ0) is 22.0. The Kier molecular flexibility index (Phi) is 3.06. The second kappa shape index (κ2) is 5.94. The first-order valence-corrected chi connectivity index (χ1v) is 12.0. The fourth-order valence-corrected chi connectivity index (χ4v) is 6.76. The van der Waals surface area contributed by atoms with Crippen molar-refractivity contribution >= 4 is 22.1 Å². The molecule has 4 heterocycles. The minimum atomic E-state index is 0.178. The molecule has 4 aromatic heterocycles. The lowest BCUT2D eigenvalue weighted by Crippen LogP contribution is -2.29. The summed E-state index contributed by atoms with van der Waals surface area (Å²) < 4.78 is 0. The zero-order valence-electron chi connectivity index (χ0n) is 18.2. The lowest BCUT2D eigenvalue weighted by molar-refractivity contribution is 0.474. The van der Waals surface area contributed by atoms with Crippen molar-refractivity contribution in [3.8, 4) is 0 Å². The summed E-state index contributed by atoms with van der Waals surface area (Å²) in [7, 11) is 0. The van der Waals surface area contributed by atoms with Crippen LogP contribution in [-0.2, 0) is 0 Å². The van der Waals surface area contributed by atoms with Gasteiger partial charge in [-0.15, -0.1) is 0 Å². The van der Waals surface area contributed by atoms with Crippen molar-refractivity contribution in [1.82, 2.24) is 39.9 Å². The lowest BCUT2D eigenvalue weighted by Gasteiger charge is -2.37. The monoisotopic (exact) mass is 442 g/mol. The van der Waals surface area contributed by atoms with Crippen LogP contribution >= 0.6 is 0 Å². The third kappa shape index (κ3) is 2.05. The zero-order valence-corrected chi connectivity index (χ0v) is 18.2. The van der Waals surface area contributed by atoms with Crippen molar-refractivity contribution in [2.75, 3.05) is 0 Å². The van der Waals surface area contributed by atoms with Crippen molar-refractivity contribution in [2.24, 2.45) is 0 Å². The number of nitrogens with zero attached hydrogens (tertiary/aromatic N) is 8. The molecule has 4 bridgehead atoms. The number of rotatable bonds is 0. The third-order valence-electron chi connectivity index (χ3n) is 8.20. The Hall–Kier alpha value is -3.94. The van der Waals surface area contributed by atoms with E-state index in [1.165, 1.54) is 0 Å². The number of hydrogen-bond acceptors (Lipinski definition) is 8. The molecule has 0 amide bonds. The topological polar surface area (TPSA) is 103 Å². The molecule has 162 valence electrons. The van der Waals surface area contributed by atoms with Gasteiger partial charge in [-0.1, -0.05) is 0 Å². The summed E-state index contributed by atoms with van der Waals surface area (Å²) >= 11 is 0. The fraction of sp³-hybridized carbons (Fsp3) is 0.308. The summed E-state index contributed by atoms with van der Waals surface area (Å²) in [6.45, 7) is 0. The van der Waals surface area contributed by atoms with Crippen LogP contribution in [0.1, 0.15) is 94.9 Å². The molecular formula is C26H18N8. The molecule has 8 nitrogen and oxygen atoms in total. The SMILES string of the molecule is c1cnc2c(n1)[C@H]1CC[C@@H]2c2nc3cc4nc5c(nc4cc3nc21)[C@H]1CC[C@@H]5c2nccnc21. The van der Waals surface area contributed by atoms with E-state index in [4.69, 9.17) is 19.9 Å². The highest BCUT2D eigenvalue weighted by Gasteiger charge is 2.43. The minimum Gasteiger partial charge on any atom is -0.257 e. The number of aromatic nitrogens is 8. The first-order chi connectivity index (χ1) is 16.8. The van der Waals surface area contributed by atoms with E-state index in [0.717, 1.165) is 93.3 Å². The van der Waals surface area contributed by atoms with E-state index < -0.39 is 0 Å². The van der Waals surface area contributed by atoms with Crippen molar-refractivity contribution in [1.29, 1.82) is 0 Å². The molecule has 0 spiro atoms. The largest absolute Gasteiger partial charge is 0.257 e. The summed E-state index contributed by atoms with van der Waals surface area (Å²) in [5, 5.41) is 0. The average molecular weight is 442 g/mol. The predicted molar refractivity (Wildman–Crippen MR) is 123 cm³/mol. The maximum Gasteiger partial charge on any atom is 0.0913 e. The van der Waals surface area contributed by atoms with Gasteiger partial charge in [-0.25, -0.2) is 19.9 Å². The standard InChI is InChI=1S/C26H18N8/c1-2-12-20-19(27-5-6-28-20)11(1)23-24(12)32-16-10-18-17(9-15(16)31-23)33-25-13-3-4-14(26(25)34-18)22-21(13)29-7-8-30-22/h5-14H,1-4H2/t11-,12+,13+,14-. The van der Waals surface area contributed by atoms with E-state index in [-0.39, 0.29) is 23.7 Å². The van der Waals surface area contributed by atoms with Crippen LogP contribution in [0.4, 0.5) is 0 Å². The van der Waals surface area contributed by atoms with Crippen LogP contribution in [0.2, 0.25) is 0 Å². The van der Waals surface area contributed by atoms with Crippen LogP contribution < -0.4 is 0 Å². The second-order valence-corrected chi connectivity index (χ2v) is 9.84. The Morgan fingerprint density at radius 1 is 0.382 bits per heavy atom. The van der Waals surface area contributed by atoms with Gasteiger partial charge >= 0.3 is 0 Å². The first-order valence-electron chi connectivity index (χ1n) is 12.0. The molecule has 5 aromatic rings. The molecule has 6 aliphatic carbocycles. The maximum atomic E-state index is 5.12. The summed E-state index contributed by atoms with van der Waals surface area (Å²) in [5.74, 6) is 0.710. The van der Waals surface area contributed by atoms with Gasteiger partial charge in [-0.3, -0.25) is 19.9 Å². The van der Waals surface area contributed by atoms with Crippen LogP contribution in [-0.4, -0.2) is 39.9 Å². The molecule has 4 atom stereocenters. The summed E-state index contributed by atoms with van der Waals surface area (Å²) in [6, 6.07) is 4.12. The molecule has 11 rings (SSSR count). The minimum absolute atomic E-state index is 0.178. The molecule has 0 aliphatic heterocycles. The third-order valence-corrected chi connectivity index (χ3v) is 8.20. The van der Waals surface area contributed by atoms with Crippen LogP contribution in [0.25, 0.3) is 22.1 Å². The van der Waals surface area contributed by atoms with Gasteiger partial charge in [-0.05, 0) is 37.8 Å². The van der Waals surface area contributed by atoms with E-state index in [9.17, 15) is 0 Å². The van der Waals surface area contributed by atoms with E-state index in [1.807, 2.05) is 0 Å². The lowest BCUT2D eigenvalue weighted by atomic mass is 9.71. The van der Waals surface area contributed by atoms with Crippen molar-refractivity contribution in [3.05, 3.63) is 82.5 Å². The quantitative estimate of drug-likeness (QED) is 0.333. The van der Waals surface area contributed by atoms with Gasteiger partial charge in [0.2, 0.25) is 0 Å². The number of fused-ring (bicyclic) bond motifs is 4. The van der Waals surface area contributed by atoms with Gasteiger partial charge < -0.3 is 0 Å². The van der Waals surface area contributed by atoms with Crippen LogP contribution in [0.3, 0.4) is 0 Å². The highest BCUT2D eigenvalue weighted by Crippen LogP contribution is 2.51. The highest BCUT2D eigenvalue weighted by molar-refractivity contribution is 5.91. The Morgan fingerprint density at radius 2 is 0.647 bits per heavy atom.